The zero-order valence-electron chi connectivity index (χ0n) is 9.43. The maximum Gasteiger partial charge on any atom is 0.246 e. The molecule has 16 heavy (non-hydrogen) atoms. The van der Waals surface area contributed by atoms with Gasteiger partial charge in [0.05, 0.1) is 11.4 Å². The first-order valence-corrected chi connectivity index (χ1v) is 5.31. The third-order valence-corrected chi connectivity index (χ3v) is 2.80. The summed E-state index contributed by atoms with van der Waals surface area (Å²) in [5, 5.41) is 0. The van der Waals surface area contributed by atoms with Gasteiger partial charge in [0.2, 0.25) is 11.8 Å². The van der Waals surface area contributed by atoms with Gasteiger partial charge in [-0.1, -0.05) is 19.1 Å². The Labute approximate surface area is 94.5 Å². The Morgan fingerprint density at radius 2 is 1.94 bits per heavy atom. The van der Waals surface area contributed by atoms with Crippen LogP contribution < -0.4 is 9.80 Å². The predicted molar refractivity (Wildman–Crippen MR) is 62.5 cm³/mol. The molecule has 0 aliphatic carbocycles. The number of para-hydroxylation sites is 2. The Morgan fingerprint density at radius 3 is 2.56 bits per heavy atom. The lowest BCUT2D eigenvalue weighted by molar-refractivity contribution is -0.122. The van der Waals surface area contributed by atoms with Gasteiger partial charge in [-0.25, -0.2) is 0 Å². The third-order valence-electron chi connectivity index (χ3n) is 2.80. The number of likely N-dealkylation sites (N-methyl/N-ethyl adjacent to an activating group) is 1. The molecule has 84 valence electrons. The van der Waals surface area contributed by atoms with E-state index < -0.39 is 0 Å². The molecule has 0 N–H and O–H groups in total. The fraction of sp³-hybridized carbons (Fsp3) is 0.333. The second-order valence-electron chi connectivity index (χ2n) is 3.77. The van der Waals surface area contributed by atoms with E-state index in [1.165, 1.54) is 0 Å². The maximum atomic E-state index is 11.7. The van der Waals surface area contributed by atoms with Gasteiger partial charge >= 0.3 is 0 Å². The van der Waals surface area contributed by atoms with Crippen LogP contribution in [0.15, 0.2) is 24.3 Å². The summed E-state index contributed by atoms with van der Waals surface area (Å²) in [6.07, 6.45) is 0.408. The van der Waals surface area contributed by atoms with Crippen molar-refractivity contribution in [1.82, 2.24) is 0 Å². The van der Waals surface area contributed by atoms with Crippen LogP contribution in [0.5, 0.6) is 0 Å². The van der Waals surface area contributed by atoms with Crippen LogP contribution in [0.1, 0.15) is 13.3 Å². The van der Waals surface area contributed by atoms with E-state index in [1.807, 2.05) is 24.3 Å². The fourth-order valence-electron chi connectivity index (χ4n) is 1.85. The first-order chi connectivity index (χ1) is 7.65. The molecule has 1 aromatic carbocycles. The van der Waals surface area contributed by atoms with Gasteiger partial charge in [-0.05, 0) is 12.1 Å². The molecule has 1 aliphatic heterocycles. The second kappa shape index (κ2) is 3.96. The number of amides is 2. The zero-order valence-corrected chi connectivity index (χ0v) is 9.43. The first kappa shape index (κ1) is 10.7. The number of rotatable bonds is 1. The first-order valence-electron chi connectivity index (χ1n) is 5.31. The number of carbonyl (C=O) groups is 2. The topological polar surface area (TPSA) is 40.6 Å². The van der Waals surface area contributed by atoms with E-state index in [9.17, 15) is 9.59 Å². The largest absolute Gasteiger partial charge is 0.312 e. The van der Waals surface area contributed by atoms with Gasteiger partial charge in [0, 0.05) is 13.5 Å². The van der Waals surface area contributed by atoms with E-state index in [4.69, 9.17) is 0 Å². The van der Waals surface area contributed by atoms with Crippen LogP contribution in [0.2, 0.25) is 0 Å². The number of hydrogen-bond acceptors (Lipinski definition) is 2. The van der Waals surface area contributed by atoms with Gasteiger partial charge in [-0.3, -0.25) is 9.59 Å². The molecule has 1 aromatic rings. The smallest absolute Gasteiger partial charge is 0.246 e. The van der Waals surface area contributed by atoms with Crippen molar-refractivity contribution in [3.63, 3.8) is 0 Å². The van der Waals surface area contributed by atoms with Crippen LogP contribution >= 0.6 is 0 Å². The fourth-order valence-corrected chi connectivity index (χ4v) is 1.85. The van der Waals surface area contributed by atoms with Crippen molar-refractivity contribution in [1.29, 1.82) is 0 Å². The van der Waals surface area contributed by atoms with Crippen molar-refractivity contribution in [3.05, 3.63) is 24.3 Å². The molecule has 0 fully saturated rings. The highest BCUT2D eigenvalue weighted by Gasteiger charge is 2.29. The van der Waals surface area contributed by atoms with E-state index in [0.29, 0.717) is 6.42 Å². The van der Waals surface area contributed by atoms with Crippen LogP contribution in [0.4, 0.5) is 11.4 Å². The lowest BCUT2D eigenvalue weighted by Gasteiger charge is -2.33. The number of fused-ring (bicyclic) bond motifs is 1. The summed E-state index contributed by atoms with van der Waals surface area (Å²) < 4.78 is 0. The zero-order chi connectivity index (χ0) is 11.7. The number of hydrogen-bond donors (Lipinski definition) is 0. The molecule has 2 amide bonds. The number of benzene rings is 1. The molecule has 0 atom stereocenters. The minimum Gasteiger partial charge on any atom is -0.312 e. The molecule has 0 radical (unpaired) electrons. The molecule has 1 aliphatic rings. The summed E-state index contributed by atoms with van der Waals surface area (Å²) in [5.74, 6) is -0.0746. The SMILES string of the molecule is CCC(=O)N1CC(=O)N(C)c2ccccc21. The van der Waals surface area contributed by atoms with Gasteiger partial charge in [0.25, 0.3) is 0 Å². The number of carbonyl (C=O) groups excluding carboxylic acids is 2. The normalized spacial score (nSPS) is 15.0. The molecular formula is C12H14N2O2. The van der Waals surface area contributed by atoms with Crippen molar-refractivity contribution < 1.29 is 9.59 Å². The average Bonchev–Trinajstić information content (AvgIpc) is 2.33. The quantitative estimate of drug-likeness (QED) is 0.715. The van der Waals surface area contributed by atoms with Gasteiger partial charge in [-0.2, -0.15) is 0 Å². The Balaban J connectivity index is 2.49. The van der Waals surface area contributed by atoms with Gasteiger partial charge in [0.15, 0.2) is 0 Å². The Kier molecular flexibility index (Phi) is 2.64. The standard InChI is InChI=1S/C12H14N2O2/c1-3-11(15)14-8-12(16)13(2)9-6-4-5-7-10(9)14/h4-7H,3,8H2,1-2H3. The highest BCUT2D eigenvalue weighted by Crippen LogP contribution is 2.32. The minimum absolute atomic E-state index is 0.0195. The summed E-state index contributed by atoms with van der Waals surface area (Å²) in [4.78, 5) is 26.6. The van der Waals surface area contributed by atoms with Crippen LogP contribution in [-0.2, 0) is 9.59 Å². The third kappa shape index (κ3) is 1.56. The molecule has 0 unspecified atom stereocenters. The molecule has 4 nitrogen and oxygen atoms in total. The van der Waals surface area contributed by atoms with Crippen molar-refractivity contribution in [2.75, 3.05) is 23.4 Å². The molecule has 0 saturated carbocycles. The van der Waals surface area contributed by atoms with Crippen LogP contribution in [0, 0.1) is 0 Å². The highest BCUT2D eigenvalue weighted by molar-refractivity contribution is 6.10. The molecule has 0 bridgehead atoms. The Bertz CT molecular complexity index is 442. The van der Waals surface area contributed by atoms with Crippen LogP contribution in [-0.4, -0.2) is 25.4 Å². The monoisotopic (exact) mass is 218 g/mol. The van der Waals surface area contributed by atoms with Crippen molar-refractivity contribution in [2.45, 2.75) is 13.3 Å². The summed E-state index contributed by atoms with van der Waals surface area (Å²) >= 11 is 0. The maximum absolute atomic E-state index is 11.7. The van der Waals surface area contributed by atoms with E-state index in [0.717, 1.165) is 11.4 Å². The van der Waals surface area contributed by atoms with Crippen LogP contribution in [0.3, 0.4) is 0 Å². The van der Waals surface area contributed by atoms with Gasteiger partial charge in [0.1, 0.15) is 6.54 Å². The van der Waals surface area contributed by atoms with E-state index in [2.05, 4.69) is 0 Å². The van der Waals surface area contributed by atoms with E-state index in [-0.39, 0.29) is 18.4 Å². The average molecular weight is 218 g/mol. The van der Waals surface area contributed by atoms with Crippen molar-refractivity contribution in [3.8, 4) is 0 Å². The van der Waals surface area contributed by atoms with E-state index in [1.54, 1.807) is 23.8 Å². The molecular weight excluding hydrogens is 204 g/mol. The second-order valence-corrected chi connectivity index (χ2v) is 3.77. The van der Waals surface area contributed by atoms with Crippen molar-refractivity contribution in [2.24, 2.45) is 0 Å². The Morgan fingerprint density at radius 1 is 1.31 bits per heavy atom. The Hall–Kier alpha value is -1.84. The lowest BCUT2D eigenvalue weighted by Crippen LogP contribution is -2.46. The molecule has 0 saturated heterocycles. The molecule has 4 heteroatoms. The number of nitrogens with zero attached hydrogens (tertiary/aromatic N) is 2. The molecule has 0 spiro atoms. The molecule has 0 aromatic heterocycles. The van der Waals surface area contributed by atoms with Crippen LogP contribution in [0.25, 0.3) is 0 Å². The summed E-state index contributed by atoms with van der Waals surface area (Å²) in [7, 11) is 1.73. The lowest BCUT2D eigenvalue weighted by atomic mass is 10.1. The minimum atomic E-state index is -0.0551. The summed E-state index contributed by atoms with van der Waals surface area (Å²) in [5.41, 5.74) is 1.61. The predicted octanol–water partition coefficient (Wildman–Crippen LogP) is 1.41. The molecule has 1 heterocycles. The number of anilines is 2. The summed E-state index contributed by atoms with van der Waals surface area (Å²) in [6.45, 7) is 1.94. The van der Waals surface area contributed by atoms with Crippen molar-refractivity contribution >= 4 is 23.2 Å². The van der Waals surface area contributed by atoms with Gasteiger partial charge < -0.3 is 9.80 Å². The van der Waals surface area contributed by atoms with Gasteiger partial charge in [-0.15, -0.1) is 0 Å². The molecule has 2 rings (SSSR count). The summed E-state index contributed by atoms with van der Waals surface area (Å²) in [6, 6.07) is 7.45. The van der Waals surface area contributed by atoms with E-state index >= 15 is 0 Å². The highest BCUT2D eigenvalue weighted by atomic mass is 16.2.